The first-order valence-corrected chi connectivity index (χ1v) is 5.36. The highest BCUT2D eigenvalue weighted by Gasteiger charge is 2.19. The van der Waals surface area contributed by atoms with Gasteiger partial charge in [-0.1, -0.05) is 26.0 Å². The molecule has 0 fully saturated rings. The summed E-state index contributed by atoms with van der Waals surface area (Å²) in [6.07, 6.45) is 0. The van der Waals surface area contributed by atoms with Gasteiger partial charge in [-0.3, -0.25) is 0 Å². The van der Waals surface area contributed by atoms with Crippen LogP contribution in [0.2, 0.25) is 0 Å². The van der Waals surface area contributed by atoms with Gasteiger partial charge in [0.2, 0.25) is 0 Å². The highest BCUT2D eigenvalue weighted by molar-refractivity contribution is 5.39. The van der Waals surface area contributed by atoms with Crippen LogP contribution in [0.5, 0.6) is 5.75 Å². The molecule has 0 radical (unpaired) electrons. The number of hydrogen-bond donors (Lipinski definition) is 1. The lowest BCUT2D eigenvalue weighted by Crippen LogP contribution is -2.22. The molecular weight excluding hydrogens is 188 g/mol. The van der Waals surface area contributed by atoms with Gasteiger partial charge in [-0.05, 0) is 31.0 Å². The summed E-state index contributed by atoms with van der Waals surface area (Å²) in [6, 6.07) is 6.08. The van der Waals surface area contributed by atoms with E-state index in [4.69, 9.17) is 4.74 Å². The molecule has 0 spiro atoms. The summed E-state index contributed by atoms with van der Waals surface area (Å²) >= 11 is 0. The zero-order valence-corrected chi connectivity index (χ0v) is 10.0. The van der Waals surface area contributed by atoms with Crippen LogP contribution in [0.4, 0.5) is 0 Å². The van der Waals surface area contributed by atoms with Gasteiger partial charge < -0.3 is 9.84 Å². The summed E-state index contributed by atoms with van der Waals surface area (Å²) in [5, 5.41) is 9.28. The highest BCUT2D eigenvalue weighted by atomic mass is 16.5. The van der Waals surface area contributed by atoms with Crippen molar-refractivity contribution in [3.63, 3.8) is 0 Å². The Bertz CT molecular complexity index is 329. The average Bonchev–Trinajstić information content (AvgIpc) is 2.21. The number of aliphatic hydroxyl groups excluding tert-OH is 1. The topological polar surface area (TPSA) is 29.5 Å². The van der Waals surface area contributed by atoms with Crippen LogP contribution < -0.4 is 4.74 Å². The second-order valence-corrected chi connectivity index (χ2v) is 4.46. The van der Waals surface area contributed by atoms with Gasteiger partial charge in [0.15, 0.2) is 0 Å². The van der Waals surface area contributed by atoms with Gasteiger partial charge in [0.05, 0.1) is 13.2 Å². The van der Waals surface area contributed by atoms with E-state index in [1.54, 1.807) is 0 Å². The van der Waals surface area contributed by atoms with Crippen molar-refractivity contribution >= 4 is 0 Å². The Kier molecular flexibility index (Phi) is 3.75. The highest BCUT2D eigenvalue weighted by Crippen LogP contribution is 2.27. The predicted molar refractivity (Wildman–Crippen MR) is 62.5 cm³/mol. The van der Waals surface area contributed by atoms with E-state index in [2.05, 4.69) is 6.07 Å². The second kappa shape index (κ2) is 4.67. The molecule has 1 N–H and O–H groups in total. The third-order valence-corrected chi connectivity index (χ3v) is 2.65. The maximum absolute atomic E-state index is 9.28. The second-order valence-electron chi connectivity index (χ2n) is 4.46. The van der Waals surface area contributed by atoms with E-state index in [-0.39, 0.29) is 12.0 Å². The lowest BCUT2D eigenvalue weighted by Gasteiger charge is -2.23. The fraction of sp³-hybridized carbons (Fsp3) is 0.538. The quantitative estimate of drug-likeness (QED) is 0.824. The first-order chi connectivity index (χ1) is 7.01. The van der Waals surface area contributed by atoms with Crippen LogP contribution in [0.3, 0.4) is 0 Å². The Hall–Kier alpha value is -1.02. The van der Waals surface area contributed by atoms with E-state index in [0.29, 0.717) is 6.61 Å². The molecule has 1 aromatic rings. The smallest absolute Gasteiger partial charge is 0.122 e. The van der Waals surface area contributed by atoms with Crippen LogP contribution >= 0.6 is 0 Å². The van der Waals surface area contributed by atoms with Gasteiger partial charge in [0, 0.05) is 5.41 Å². The van der Waals surface area contributed by atoms with Crippen molar-refractivity contribution in [3.8, 4) is 5.75 Å². The Labute approximate surface area is 91.9 Å². The zero-order chi connectivity index (χ0) is 11.5. The molecule has 0 aliphatic rings. The molecule has 0 bridgehead atoms. The molecule has 0 aliphatic heterocycles. The van der Waals surface area contributed by atoms with Gasteiger partial charge in [0.1, 0.15) is 5.75 Å². The molecule has 0 unspecified atom stereocenters. The van der Waals surface area contributed by atoms with Crippen LogP contribution in [0.1, 0.15) is 31.9 Å². The monoisotopic (exact) mass is 208 g/mol. The third-order valence-electron chi connectivity index (χ3n) is 2.65. The van der Waals surface area contributed by atoms with Gasteiger partial charge >= 0.3 is 0 Å². The third kappa shape index (κ3) is 2.72. The Balaban J connectivity index is 3.01. The summed E-state index contributed by atoms with van der Waals surface area (Å²) in [4.78, 5) is 0. The predicted octanol–water partition coefficient (Wildman–Crippen LogP) is 2.66. The van der Waals surface area contributed by atoms with Gasteiger partial charge in [-0.15, -0.1) is 0 Å². The fourth-order valence-electron chi connectivity index (χ4n) is 1.48. The van der Waals surface area contributed by atoms with Crippen molar-refractivity contribution in [2.45, 2.75) is 33.1 Å². The number of aliphatic hydroxyl groups is 1. The maximum atomic E-state index is 9.28. The minimum atomic E-state index is -0.185. The molecule has 0 saturated carbocycles. The molecule has 1 aromatic carbocycles. The standard InChI is InChI=1S/C13H20O2/c1-5-15-12-7-6-11(8-10(12)2)13(3,4)9-14/h6-8,14H,5,9H2,1-4H3. The molecule has 0 saturated heterocycles. The molecule has 0 heterocycles. The number of rotatable bonds is 4. The van der Waals surface area contributed by atoms with Crippen molar-refractivity contribution in [2.75, 3.05) is 13.2 Å². The van der Waals surface area contributed by atoms with Crippen LogP contribution in [-0.2, 0) is 5.41 Å². The van der Waals surface area contributed by atoms with Crippen molar-refractivity contribution in [3.05, 3.63) is 29.3 Å². The molecule has 15 heavy (non-hydrogen) atoms. The van der Waals surface area contributed by atoms with Crippen LogP contribution in [0.15, 0.2) is 18.2 Å². The first kappa shape index (κ1) is 12.1. The molecule has 0 amide bonds. The van der Waals surface area contributed by atoms with Crippen LogP contribution in [0, 0.1) is 6.92 Å². The van der Waals surface area contributed by atoms with Gasteiger partial charge in [0.25, 0.3) is 0 Å². The first-order valence-electron chi connectivity index (χ1n) is 5.36. The minimum absolute atomic E-state index is 0.153. The molecule has 0 atom stereocenters. The molecule has 2 nitrogen and oxygen atoms in total. The van der Waals surface area contributed by atoms with E-state index in [1.165, 1.54) is 0 Å². The Morgan fingerprint density at radius 2 is 2.00 bits per heavy atom. The van der Waals surface area contributed by atoms with E-state index in [1.807, 2.05) is 39.8 Å². The molecular formula is C13H20O2. The van der Waals surface area contributed by atoms with Crippen molar-refractivity contribution in [1.82, 2.24) is 0 Å². The van der Waals surface area contributed by atoms with Gasteiger partial charge in [-0.2, -0.15) is 0 Å². The van der Waals surface area contributed by atoms with Crippen molar-refractivity contribution in [2.24, 2.45) is 0 Å². The Morgan fingerprint density at radius 3 is 2.47 bits per heavy atom. The van der Waals surface area contributed by atoms with Gasteiger partial charge in [-0.25, -0.2) is 0 Å². The number of benzene rings is 1. The number of ether oxygens (including phenoxy) is 1. The lowest BCUT2D eigenvalue weighted by atomic mass is 9.85. The summed E-state index contributed by atoms with van der Waals surface area (Å²) in [5.41, 5.74) is 2.08. The lowest BCUT2D eigenvalue weighted by molar-refractivity contribution is 0.218. The largest absolute Gasteiger partial charge is 0.494 e. The van der Waals surface area contributed by atoms with E-state index >= 15 is 0 Å². The van der Waals surface area contributed by atoms with Crippen molar-refractivity contribution < 1.29 is 9.84 Å². The van der Waals surface area contributed by atoms with Crippen molar-refractivity contribution in [1.29, 1.82) is 0 Å². The van der Waals surface area contributed by atoms with E-state index < -0.39 is 0 Å². The minimum Gasteiger partial charge on any atom is -0.494 e. The summed E-state index contributed by atoms with van der Waals surface area (Å²) in [7, 11) is 0. The van der Waals surface area contributed by atoms with E-state index in [9.17, 15) is 5.11 Å². The normalized spacial score (nSPS) is 11.5. The molecule has 0 aliphatic carbocycles. The number of aryl methyl sites for hydroxylation is 1. The summed E-state index contributed by atoms with van der Waals surface area (Å²) < 4.78 is 5.48. The molecule has 2 heteroatoms. The molecule has 0 aromatic heterocycles. The van der Waals surface area contributed by atoms with Crippen LogP contribution in [0.25, 0.3) is 0 Å². The maximum Gasteiger partial charge on any atom is 0.122 e. The molecule has 84 valence electrons. The SMILES string of the molecule is CCOc1ccc(C(C)(C)CO)cc1C. The van der Waals surface area contributed by atoms with E-state index in [0.717, 1.165) is 16.9 Å². The fourth-order valence-corrected chi connectivity index (χ4v) is 1.48. The average molecular weight is 208 g/mol. The summed E-state index contributed by atoms with van der Waals surface area (Å²) in [6.45, 7) is 8.90. The zero-order valence-electron chi connectivity index (χ0n) is 10.0. The Morgan fingerprint density at radius 1 is 1.33 bits per heavy atom. The summed E-state index contributed by atoms with van der Waals surface area (Å²) in [5.74, 6) is 0.926. The van der Waals surface area contributed by atoms with Crippen LogP contribution in [-0.4, -0.2) is 18.3 Å². The number of hydrogen-bond acceptors (Lipinski definition) is 2. The molecule has 1 rings (SSSR count).